The van der Waals surface area contributed by atoms with Crippen LogP contribution in [0.1, 0.15) is 0 Å². The van der Waals surface area contributed by atoms with Crippen LogP contribution in [-0.4, -0.2) is 42.1 Å². The van der Waals surface area contributed by atoms with E-state index in [0.29, 0.717) is 25.0 Å². The first-order valence-corrected chi connectivity index (χ1v) is 6.55. The zero-order chi connectivity index (χ0) is 13.9. The second-order valence-corrected chi connectivity index (χ2v) is 4.68. The zero-order valence-electron chi connectivity index (χ0n) is 11.1. The van der Waals surface area contributed by atoms with E-state index in [9.17, 15) is 0 Å². The highest BCUT2D eigenvalue weighted by atomic mass is 16.5. The number of anilines is 1. The number of aromatic nitrogens is 1. The summed E-state index contributed by atoms with van der Waals surface area (Å²) in [5.74, 6) is 1.04. The minimum absolute atomic E-state index is 0.515. The van der Waals surface area contributed by atoms with Crippen LogP contribution in [0, 0.1) is 0 Å². The quantitative estimate of drug-likeness (QED) is 0.598. The van der Waals surface area contributed by atoms with E-state index in [-0.39, 0.29) is 0 Å². The second-order valence-electron chi connectivity index (χ2n) is 4.68. The summed E-state index contributed by atoms with van der Waals surface area (Å²) in [5.41, 5.74) is 13.4. The highest BCUT2D eigenvalue weighted by Gasteiger charge is 2.12. The summed E-state index contributed by atoms with van der Waals surface area (Å²) in [6.07, 6.45) is 0. The van der Waals surface area contributed by atoms with Crippen LogP contribution < -0.4 is 11.5 Å². The minimum Gasteiger partial charge on any atom is -0.384 e. The molecule has 1 aliphatic heterocycles. The number of nitrogens with two attached hydrogens (primary N) is 2. The minimum atomic E-state index is 0.515. The van der Waals surface area contributed by atoms with Gasteiger partial charge in [-0.3, -0.25) is 0 Å². The average molecular weight is 271 g/mol. The molecule has 6 nitrogen and oxygen atoms in total. The number of pyridine rings is 1. The van der Waals surface area contributed by atoms with E-state index in [1.54, 1.807) is 6.07 Å². The summed E-state index contributed by atoms with van der Waals surface area (Å²) in [7, 11) is 0. The first-order valence-electron chi connectivity index (χ1n) is 6.55. The van der Waals surface area contributed by atoms with Crippen LogP contribution in [-0.2, 0) is 4.74 Å². The maximum absolute atomic E-state index is 6.03. The number of nitrogen functional groups attached to an aromatic ring is 1. The molecular formula is C14H17N5O. The number of aliphatic imine (C=N–C) groups is 1. The maximum Gasteiger partial charge on any atom is 0.196 e. The molecule has 0 aliphatic carbocycles. The Balaban J connectivity index is 1.87. The Hall–Kier alpha value is -2.34. The SMILES string of the molecule is NC(=Nc1ccc2nc(N)ccc2c1)N1CCOCC1. The Kier molecular flexibility index (Phi) is 3.39. The van der Waals surface area contributed by atoms with Crippen LogP contribution in [0.25, 0.3) is 10.9 Å². The molecule has 4 N–H and O–H groups in total. The van der Waals surface area contributed by atoms with Crippen molar-refractivity contribution >= 4 is 28.4 Å². The molecule has 0 unspecified atom stereocenters. The van der Waals surface area contributed by atoms with Gasteiger partial charge in [0.05, 0.1) is 24.4 Å². The Bertz CT molecular complexity index is 649. The number of rotatable bonds is 1. The van der Waals surface area contributed by atoms with Crippen LogP contribution in [0.5, 0.6) is 0 Å². The van der Waals surface area contributed by atoms with Gasteiger partial charge in [-0.25, -0.2) is 9.98 Å². The number of nitrogens with zero attached hydrogens (tertiary/aromatic N) is 3. The lowest BCUT2D eigenvalue weighted by atomic mass is 10.2. The van der Waals surface area contributed by atoms with Gasteiger partial charge in [0.25, 0.3) is 0 Å². The molecule has 0 spiro atoms. The van der Waals surface area contributed by atoms with Gasteiger partial charge >= 0.3 is 0 Å². The topological polar surface area (TPSA) is 89.8 Å². The molecule has 104 valence electrons. The van der Waals surface area contributed by atoms with E-state index in [1.807, 2.05) is 29.2 Å². The van der Waals surface area contributed by atoms with Crippen molar-refractivity contribution in [3.63, 3.8) is 0 Å². The van der Waals surface area contributed by atoms with Gasteiger partial charge in [-0.1, -0.05) is 0 Å². The third-order valence-corrected chi connectivity index (χ3v) is 3.27. The molecule has 3 rings (SSSR count). The number of hydrogen-bond acceptors (Lipinski definition) is 4. The molecule has 0 amide bonds. The summed E-state index contributed by atoms with van der Waals surface area (Å²) >= 11 is 0. The second kappa shape index (κ2) is 5.34. The lowest BCUT2D eigenvalue weighted by molar-refractivity contribution is 0.0675. The van der Waals surface area contributed by atoms with Crippen molar-refractivity contribution in [3.05, 3.63) is 30.3 Å². The van der Waals surface area contributed by atoms with Crippen molar-refractivity contribution in [1.82, 2.24) is 9.88 Å². The van der Waals surface area contributed by atoms with Crippen molar-refractivity contribution < 1.29 is 4.74 Å². The summed E-state index contributed by atoms with van der Waals surface area (Å²) < 4.78 is 5.30. The number of guanidine groups is 1. The number of ether oxygens (including phenoxy) is 1. The Morgan fingerprint density at radius 2 is 2.00 bits per heavy atom. The number of morpholine rings is 1. The van der Waals surface area contributed by atoms with Gasteiger partial charge in [-0.05, 0) is 30.3 Å². The van der Waals surface area contributed by atoms with E-state index in [2.05, 4.69) is 9.98 Å². The van der Waals surface area contributed by atoms with E-state index < -0.39 is 0 Å². The Morgan fingerprint density at radius 1 is 1.20 bits per heavy atom. The molecule has 2 heterocycles. The summed E-state index contributed by atoms with van der Waals surface area (Å²) in [6, 6.07) is 9.46. The van der Waals surface area contributed by atoms with Crippen LogP contribution >= 0.6 is 0 Å². The fourth-order valence-corrected chi connectivity index (χ4v) is 2.19. The van der Waals surface area contributed by atoms with E-state index in [1.165, 1.54) is 0 Å². The van der Waals surface area contributed by atoms with Crippen LogP contribution in [0.3, 0.4) is 0 Å². The molecule has 0 atom stereocenters. The Morgan fingerprint density at radius 3 is 2.80 bits per heavy atom. The molecule has 1 aliphatic rings. The third kappa shape index (κ3) is 2.65. The molecule has 0 bridgehead atoms. The van der Waals surface area contributed by atoms with Gasteiger partial charge in [0.2, 0.25) is 0 Å². The summed E-state index contributed by atoms with van der Waals surface area (Å²) in [6.45, 7) is 2.94. The van der Waals surface area contributed by atoms with Gasteiger partial charge in [0, 0.05) is 18.5 Å². The van der Waals surface area contributed by atoms with E-state index in [4.69, 9.17) is 16.2 Å². The number of hydrogen-bond donors (Lipinski definition) is 2. The van der Waals surface area contributed by atoms with E-state index in [0.717, 1.165) is 29.7 Å². The van der Waals surface area contributed by atoms with Gasteiger partial charge < -0.3 is 21.1 Å². The fraction of sp³-hybridized carbons (Fsp3) is 0.286. The highest BCUT2D eigenvalue weighted by molar-refractivity contribution is 5.86. The molecule has 1 fully saturated rings. The molecule has 20 heavy (non-hydrogen) atoms. The highest BCUT2D eigenvalue weighted by Crippen LogP contribution is 2.21. The number of fused-ring (bicyclic) bond motifs is 1. The smallest absolute Gasteiger partial charge is 0.196 e. The Labute approximate surface area is 117 Å². The van der Waals surface area contributed by atoms with Crippen molar-refractivity contribution in [1.29, 1.82) is 0 Å². The molecule has 0 radical (unpaired) electrons. The first kappa shape index (κ1) is 12.7. The van der Waals surface area contributed by atoms with Crippen molar-refractivity contribution in [3.8, 4) is 0 Å². The molecule has 1 saturated heterocycles. The molecule has 2 aromatic rings. The van der Waals surface area contributed by atoms with Gasteiger partial charge in [0.15, 0.2) is 5.96 Å². The van der Waals surface area contributed by atoms with Crippen molar-refractivity contribution in [2.45, 2.75) is 0 Å². The summed E-state index contributed by atoms with van der Waals surface area (Å²) in [4.78, 5) is 10.7. The standard InChI is InChI=1S/C14H17N5O/c15-13-4-1-10-9-11(2-3-12(10)18-13)17-14(16)19-5-7-20-8-6-19/h1-4,9H,5-8H2,(H2,15,18)(H2,16,17). The maximum atomic E-state index is 6.03. The largest absolute Gasteiger partial charge is 0.384 e. The van der Waals surface area contributed by atoms with Gasteiger partial charge in [0.1, 0.15) is 5.82 Å². The molecule has 1 aromatic heterocycles. The van der Waals surface area contributed by atoms with Crippen LogP contribution in [0.4, 0.5) is 11.5 Å². The van der Waals surface area contributed by atoms with Gasteiger partial charge in [-0.2, -0.15) is 0 Å². The lowest BCUT2D eigenvalue weighted by Gasteiger charge is -2.27. The normalized spacial score (nSPS) is 16.6. The van der Waals surface area contributed by atoms with Gasteiger partial charge in [-0.15, -0.1) is 0 Å². The zero-order valence-corrected chi connectivity index (χ0v) is 11.1. The molecule has 1 aromatic carbocycles. The monoisotopic (exact) mass is 271 g/mol. The molecule has 6 heteroatoms. The van der Waals surface area contributed by atoms with Crippen molar-refractivity contribution in [2.24, 2.45) is 10.7 Å². The predicted octanol–water partition coefficient (Wildman–Crippen LogP) is 1.10. The number of benzene rings is 1. The third-order valence-electron chi connectivity index (χ3n) is 3.27. The lowest BCUT2D eigenvalue weighted by Crippen LogP contribution is -2.44. The molecule has 0 saturated carbocycles. The van der Waals surface area contributed by atoms with E-state index >= 15 is 0 Å². The first-order chi connectivity index (χ1) is 9.72. The van der Waals surface area contributed by atoms with Crippen LogP contribution in [0.2, 0.25) is 0 Å². The van der Waals surface area contributed by atoms with Crippen molar-refractivity contribution in [2.75, 3.05) is 32.0 Å². The fourth-order valence-electron chi connectivity index (χ4n) is 2.19. The average Bonchev–Trinajstić information content (AvgIpc) is 2.48. The molecular weight excluding hydrogens is 254 g/mol. The van der Waals surface area contributed by atoms with Crippen LogP contribution in [0.15, 0.2) is 35.3 Å². The predicted molar refractivity (Wildman–Crippen MR) is 79.8 cm³/mol. The summed E-state index contributed by atoms with van der Waals surface area (Å²) in [5, 5.41) is 0.996.